The van der Waals surface area contributed by atoms with Crippen molar-refractivity contribution >= 4 is 43.6 Å². The maximum absolute atomic E-state index is 12.1. The average molecular weight is 415 g/mol. The number of hydrogen-bond acceptors (Lipinski definition) is 8. The largest absolute Gasteiger partial charge is 0.404 e. The van der Waals surface area contributed by atoms with Crippen LogP contribution in [-0.4, -0.2) is 27.9 Å². The summed E-state index contributed by atoms with van der Waals surface area (Å²) in [6.45, 7) is 0.174. The fourth-order valence-electron chi connectivity index (χ4n) is 3.41. The predicted molar refractivity (Wildman–Crippen MR) is 119 cm³/mol. The maximum Gasteiger partial charge on any atom is 0.272 e. The van der Waals surface area contributed by atoms with E-state index >= 15 is 0 Å². The lowest BCUT2D eigenvalue weighted by Crippen LogP contribution is -2.14. The van der Waals surface area contributed by atoms with E-state index in [4.69, 9.17) is 11.5 Å². The minimum atomic E-state index is -0.293. The van der Waals surface area contributed by atoms with Crippen molar-refractivity contribution in [3.8, 4) is 6.07 Å². The molecular weight excluding hydrogens is 398 g/mol. The highest BCUT2D eigenvalue weighted by Gasteiger charge is 2.21. The van der Waals surface area contributed by atoms with Crippen LogP contribution in [0.4, 0.5) is 0 Å². The van der Waals surface area contributed by atoms with Crippen LogP contribution in [0.3, 0.4) is 0 Å². The third-order valence-electron chi connectivity index (χ3n) is 4.81. The molecule has 4 aromatic rings. The van der Waals surface area contributed by atoms with Crippen molar-refractivity contribution in [3.05, 3.63) is 74.8 Å². The molecule has 30 heavy (non-hydrogen) atoms. The number of pyridine rings is 1. The highest BCUT2D eigenvalue weighted by atomic mass is 32.1. The lowest BCUT2D eigenvalue weighted by molar-refractivity contribution is 0.900. The van der Waals surface area contributed by atoms with E-state index in [1.165, 1.54) is 17.5 Å². The molecule has 0 saturated carbocycles. The first-order valence-corrected chi connectivity index (χ1v) is 9.83. The zero-order chi connectivity index (χ0) is 21.3. The van der Waals surface area contributed by atoms with Crippen LogP contribution in [0.25, 0.3) is 26.6 Å². The second-order valence-corrected chi connectivity index (χ2v) is 7.39. The van der Waals surface area contributed by atoms with Crippen molar-refractivity contribution < 1.29 is 0 Å². The highest BCUT2D eigenvalue weighted by Crippen LogP contribution is 2.34. The van der Waals surface area contributed by atoms with Gasteiger partial charge in [0.1, 0.15) is 10.9 Å². The van der Waals surface area contributed by atoms with Crippen LogP contribution >= 0.6 is 11.3 Å². The minimum Gasteiger partial charge on any atom is -0.404 e. The average Bonchev–Trinajstić information content (AvgIpc) is 3.15. The topological polar surface area (TPSA) is 147 Å². The van der Waals surface area contributed by atoms with Crippen LogP contribution in [0.1, 0.15) is 21.7 Å². The molecule has 0 spiro atoms. The van der Waals surface area contributed by atoms with Gasteiger partial charge < -0.3 is 11.5 Å². The smallest absolute Gasteiger partial charge is 0.272 e. The van der Waals surface area contributed by atoms with Gasteiger partial charge in [0.2, 0.25) is 0 Å². The molecule has 0 radical (unpaired) electrons. The van der Waals surface area contributed by atoms with Crippen molar-refractivity contribution in [3.63, 3.8) is 0 Å². The van der Waals surface area contributed by atoms with Crippen LogP contribution in [-0.2, 0) is 6.54 Å². The molecule has 0 aliphatic heterocycles. The number of nitriles is 1. The number of aliphatic imine (C=N–C) groups is 1. The van der Waals surface area contributed by atoms with E-state index < -0.39 is 0 Å². The zero-order valence-corrected chi connectivity index (χ0v) is 16.8. The maximum atomic E-state index is 12.1. The van der Waals surface area contributed by atoms with E-state index in [1.807, 2.05) is 12.1 Å². The normalized spacial score (nSPS) is 12.4. The molecule has 1 aromatic carbocycles. The van der Waals surface area contributed by atoms with Crippen LogP contribution < -0.4 is 17.0 Å². The van der Waals surface area contributed by atoms with Gasteiger partial charge in [0, 0.05) is 42.3 Å². The number of allylic oxidation sites excluding steroid dienone is 1. The number of benzene rings is 1. The molecule has 3 aromatic heterocycles. The Hall–Kier alpha value is -3.87. The summed E-state index contributed by atoms with van der Waals surface area (Å²) < 4.78 is 0. The summed E-state index contributed by atoms with van der Waals surface area (Å²) in [6, 6.07) is 11.2. The van der Waals surface area contributed by atoms with Gasteiger partial charge in [-0.25, -0.2) is 10.1 Å². The Morgan fingerprint density at radius 1 is 1.33 bits per heavy atom. The molecule has 0 bridgehead atoms. The van der Waals surface area contributed by atoms with Crippen molar-refractivity contribution in [2.24, 2.45) is 16.5 Å². The van der Waals surface area contributed by atoms with Gasteiger partial charge in [0.05, 0.1) is 27.2 Å². The molecule has 0 aliphatic carbocycles. The van der Waals surface area contributed by atoms with Crippen molar-refractivity contribution in [1.29, 1.82) is 5.26 Å². The first kappa shape index (κ1) is 19.4. The Balaban J connectivity index is 1.93. The van der Waals surface area contributed by atoms with Gasteiger partial charge >= 0.3 is 0 Å². The van der Waals surface area contributed by atoms with Gasteiger partial charge in [-0.1, -0.05) is 6.07 Å². The van der Waals surface area contributed by atoms with E-state index in [2.05, 4.69) is 26.2 Å². The van der Waals surface area contributed by atoms with Gasteiger partial charge in [-0.3, -0.25) is 9.79 Å². The molecule has 0 atom stereocenters. The molecule has 0 saturated heterocycles. The molecule has 5 N–H and O–H groups in total. The Bertz CT molecular complexity index is 1440. The predicted octanol–water partition coefficient (Wildman–Crippen LogP) is 2.28. The fourth-order valence-corrected chi connectivity index (χ4v) is 4.55. The summed E-state index contributed by atoms with van der Waals surface area (Å²) in [5.74, 6) is 0. The van der Waals surface area contributed by atoms with Crippen LogP contribution in [0.5, 0.6) is 0 Å². The van der Waals surface area contributed by atoms with E-state index in [0.717, 1.165) is 15.8 Å². The minimum absolute atomic E-state index is 0.174. The van der Waals surface area contributed by atoms with Gasteiger partial charge in [0.15, 0.2) is 0 Å². The molecule has 0 amide bonds. The Kier molecular flexibility index (Phi) is 5.10. The molecule has 3 heterocycles. The van der Waals surface area contributed by atoms with E-state index in [1.54, 1.807) is 31.4 Å². The lowest BCUT2D eigenvalue weighted by Gasteiger charge is -2.11. The number of rotatable bonds is 4. The molecule has 4 rings (SSSR count). The fraction of sp³-hybridized carbons (Fsp3) is 0.0952. The van der Waals surface area contributed by atoms with E-state index in [0.29, 0.717) is 38.2 Å². The number of nitrogens with zero attached hydrogens (tertiary/aromatic N) is 4. The molecular formula is C21H17N7OS. The SMILES string of the molecule is CN=C(/C(=C\N)c1ccc2c(=O)[nH]nc(CN)c2c1)c1sc2ncccc2c1C#N. The number of nitrogens with two attached hydrogens (primary N) is 2. The summed E-state index contributed by atoms with van der Waals surface area (Å²) in [6.07, 6.45) is 3.14. The van der Waals surface area contributed by atoms with Gasteiger partial charge in [-0.05, 0) is 29.8 Å². The Labute approximate surface area is 175 Å². The standard InChI is InChI=1S/C21H17N7OS/c1-25-18(19-16(9-23)13-3-2-6-26-21(13)30-19)15(8-22)11-4-5-12-14(7-11)17(10-24)27-28-20(12)29/h2-8H,10,22,24H2,1H3,(H,28,29)/b15-8-,25-18?. The summed E-state index contributed by atoms with van der Waals surface area (Å²) in [7, 11) is 1.65. The number of aromatic nitrogens is 3. The van der Waals surface area contributed by atoms with Gasteiger partial charge in [-0.2, -0.15) is 10.4 Å². The summed E-state index contributed by atoms with van der Waals surface area (Å²) in [5.41, 5.74) is 14.5. The van der Waals surface area contributed by atoms with Crippen LogP contribution in [0, 0.1) is 11.3 Å². The molecule has 0 fully saturated rings. The number of aromatic amines is 1. The third-order valence-corrected chi connectivity index (χ3v) is 5.93. The second kappa shape index (κ2) is 7.87. The first-order valence-electron chi connectivity index (χ1n) is 9.01. The summed E-state index contributed by atoms with van der Waals surface area (Å²) in [4.78, 5) is 22.4. The van der Waals surface area contributed by atoms with E-state index in [9.17, 15) is 10.1 Å². The van der Waals surface area contributed by atoms with E-state index in [-0.39, 0.29) is 12.1 Å². The van der Waals surface area contributed by atoms with Gasteiger partial charge in [0.25, 0.3) is 5.56 Å². The lowest BCUT2D eigenvalue weighted by atomic mass is 9.96. The summed E-state index contributed by atoms with van der Waals surface area (Å²) >= 11 is 1.39. The number of thiophene rings is 1. The van der Waals surface area contributed by atoms with Crippen molar-refractivity contribution in [2.75, 3.05) is 7.05 Å². The molecule has 8 nitrogen and oxygen atoms in total. The van der Waals surface area contributed by atoms with Gasteiger partial charge in [-0.15, -0.1) is 11.3 Å². The molecule has 0 unspecified atom stereocenters. The number of H-pyrrole nitrogens is 1. The summed E-state index contributed by atoms with van der Waals surface area (Å²) in [5, 5.41) is 18.2. The Morgan fingerprint density at radius 2 is 2.17 bits per heavy atom. The van der Waals surface area contributed by atoms with Crippen molar-refractivity contribution in [2.45, 2.75) is 6.54 Å². The number of hydrogen-bond donors (Lipinski definition) is 3. The monoisotopic (exact) mass is 415 g/mol. The molecule has 148 valence electrons. The second-order valence-electron chi connectivity index (χ2n) is 6.39. The van der Waals surface area contributed by atoms with Crippen molar-refractivity contribution in [1.82, 2.24) is 15.2 Å². The van der Waals surface area contributed by atoms with Crippen LogP contribution in [0.15, 0.2) is 52.5 Å². The highest BCUT2D eigenvalue weighted by molar-refractivity contribution is 7.21. The Morgan fingerprint density at radius 3 is 2.87 bits per heavy atom. The molecule has 0 aliphatic rings. The zero-order valence-electron chi connectivity index (χ0n) is 16.0. The van der Waals surface area contributed by atoms with Crippen LogP contribution in [0.2, 0.25) is 0 Å². The number of fused-ring (bicyclic) bond motifs is 2. The quantitative estimate of drug-likeness (QED) is 0.436. The molecule has 9 heteroatoms. The number of nitrogens with one attached hydrogen (secondary N) is 1. The first-order chi connectivity index (χ1) is 14.6. The third kappa shape index (κ3) is 3.04.